The van der Waals surface area contributed by atoms with E-state index in [1.165, 1.54) is 11.8 Å². The molecule has 0 radical (unpaired) electrons. The van der Waals surface area contributed by atoms with Crippen LogP contribution in [0.4, 0.5) is 5.82 Å². The Hall–Kier alpha value is -4.71. The molecule has 0 atom stereocenters. The zero-order chi connectivity index (χ0) is 27.9. The molecule has 0 fully saturated rings. The molecule has 0 saturated carbocycles. The van der Waals surface area contributed by atoms with Gasteiger partial charge in [0.05, 0.1) is 37.6 Å². The van der Waals surface area contributed by atoms with Gasteiger partial charge in [-0.25, -0.2) is 9.97 Å². The summed E-state index contributed by atoms with van der Waals surface area (Å²) in [5.74, 6) is 3.09. The first-order valence-electron chi connectivity index (χ1n) is 11.7. The summed E-state index contributed by atoms with van der Waals surface area (Å²) in [7, 11) is 3.14. The van der Waals surface area contributed by atoms with Gasteiger partial charge in [-0.05, 0) is 42.8 Å². The molecule has 2 aromatic heterocycles. The SMILES string of the molecule is COc1ccc(OC)c(-c2nc(CSc3nc(N)c(C#N)c(-c4ccc(OCCO)cc4)c3C#N)c(C)o2)c1. The molecule has 0 amide bonds. The highest BCUT2D eigenvalue weighted by molar-refractivity contribution is 7.98. The number of ether oxygens (including phenoxy) is 3. The van der Waals surface area contributed by atoms with Crippen LogP contribution in [0.1, 0.15) is 22.6 Å². The van der Waals surface area contributed by atoms with Gasteiger partial charge in [-0.2, -0.15) is 10.5 Å². The maximum atomic E-state index is 10.1. The largest absolute Gasteiger partial charge is 0.497 e. The van der Waals surface area contributed by atoms with E-state index in [2.05, 4.69) is 22.1 Å². The number of benzene rings is 2. The van der Waals surface area contributed by atoms with Crippen molar-refractivity contribution in [1.82, 2.24) is 9.97 Å². The van der Waals surface area contributed by atoms with Gasteiger partial charge in [0.2, 0.25) is 5.89 Å². The highest BCUT2D eigenvalue weighted by atomic mass is 32.2. The molecule has 2 aromatic carbocycles. The molecule has 0 spiro atoms. The molecule has 0 aliphatic carbocycles. The molecule has 0 unspecified atom stereocenters. The standard InChI is InChI=1S/C28H25N5O5S/c1-16-23(32-27(38-16)20-12-19(35-2)8-9-24(20)36-3)15-39-28-22(14-30)25(21(13-29)26(31)33-28)17-4-6-18(7-5-17)37-11-10-34/h4-9,12,34H,10-11,15H2,1-3H3,(H2,31,33). The maximum Gasteiger partial charge on any atom is 0.230 e. The molecule has 3 N–H and O–H groups in total. The zero-order valence-corrected chi connectivity index (χ0v) is 22.3. The van der Waals surface area contributed by atoms with E-state index in [0.29, 0.717) is 62.1 Å². The number of hydrogen-bond acceptors (Lipinski definition) is 11. The molecule has 11 heteroatoms. The highest BCUT2D eigenvalue weighted by Crippen LogP contribution is 2.38. The lowest BCUT2D eigenvalue weighted by Crippen LogP contribution is -2.04. The number of methoxy groups -OCH3 is 2. The molecular weight excluding hydrogens is 518 g/mol. The van der Waals surface area contributed by atoms with Crippen molar-refractivity contribution in [2.45, 2.75) is 17.7 Å². The van der Waals surface area contributed by atoms with Crippen LogP contribution in [0, 0.1) is 29.6 Å². The average Bonchev–Trinajstić information content (AvgIpc) is 3.34. The van der Waals surface area contributed by atoms with Gasteiger partial charge >= 0.3 is 0 Å². The summed E-state index contributed by atoms with van der Waals surface area (Å²) >= 11 is 1.27. The number of nitrogens with two attached hydrogens (primary N) is 1. The van der Waals surface area contributed by atoms with Crippen LogP contribution in [0.5, 0.6) is 17.2 Å². The molecule has 0 aliphatic heterocycles. The zero-order valence-electron chi connectivity index (χ0n) is 21.5. The number of aliphatic hydroxyl groups is 1. The average molecular weight is 544 g/mol. The Kier molecular flexibility index (Phi) is 8.56. The fourth-order valence-corrected chi connectivity index (χ4v) is 4.86. The van der Waals surface area contributed by atoms with Crippen LogP contribution < -0.4 is 19.9 Å². The van der Waals surface area contributed by atoms with Gasteiger partial charge in [0.25, 0.3) is 0 Å². The lowest BCUT2D eigenvalue weighted by molar-refractivity contribution is 0.201. The predicted molar refractivity (Wildman–Crippen MR) is 145 cm³/mol. The molecular formula is C28H25N5O5S. The van der Waals surface area contributed by atoms with Crippen LogP contribution in [0.25, 0.3) is 22.6 Å². The van der Waals surface area contributed by atoms with E-state index in [4.69, 9.17) is 29.5 Å². The molecule has 39 heavy (non-hydrogen) atoms. The van der Waals surface area contributed by atoms with Gasteiger partial charge in [0, 0.05) is 11.3 Å². The Bertz CT molecular complexity index is 1570. The number of nitrogen functional groups attached to an aromatic ring is 1. The Balaban J connectivity index is 1.68. The molecule has 4 aromatic rings. The topological polar surface area (TPSA) is 160 Å². The minimum absolute atomic E-state index is 0.0216. The first-order chi connectivity index (χ1) is 18.9. The number of hydrogen-bond donors (Lipinski definition) is 2. The summed E-state index contributed by atoms with van der Waals surface area (Å²) in [4.78, 5) is 9.02. The van der Waals surface area contributed by atoms with E-state index in [0.717, 1.165) is 0 Å². The Morgan fingerprint density at radius 2 is 1.72 bits per heavy atom. The number of anilines is 1. The third kappa shape index (κ3) is 5.75. The molecule has 2 heterocycles. The van der Waals surface area contributed by atoms with E-state index in [-0.39, 0.29) is 30.2 Å². The number of thioether (sulfide) groups is 1. The lowest BCUT2D eigenvalue weighted by Gasteiger charge is -2.13. The minimum Gasteiger partial charge on any atom is -0.497 e. The fraction of sp³-hybridized carbons (Fsp3) is 0.214. The van der Waals surface area contributed by atoms with Crippen molar-refractivity contribution in [3.8, 4) is 52.0 Å². The van der Waals surface area contributed by atoms with Crippen molar-refractivity contribution in [2.75, 3.05) is 33.2 Å². The van der Waals surface area contributed by atoms with E-state index in [1.807, 2.05) is 0 Å². The molecule has 0 bridgehead atoms. The van der Waals surface area contributed by atoms with Gasteiger partial charge in [0.15, 0.2) is 0 Å². The predicted octanol–water partition coefficient (Wildman–Crippen LogP) is 4.72. The molecule has 0 aliphatic rings. The van der Waals surface area contributed by atoms with Gasteiger partial charge in [-0.1, -0.05) is 23.9 Å². The smallest absolute Gasteiger partial charge is 0.230 e. The van der Waals surface area contributed by atoms with E-state index < -0.39 is 0 Å². The molecule has 0 saturated heterocycles. The number of aromatic nitrogens is 2. The summed E-state index contributed by atoms with van der Waals surface area (Å²) in [5, 5.41) is 29.2. The van der Waals surface area contributed by atoms with Gasteiger partial charge < -0.3 is 29.5 Å². The van der Waals surface area contributed by atoms with Crippen LogP contribution in [0.2, 0.25) is 0 Å². The van der Waals surface area contributed by atoms with Crippen LogP contribution in [0.3, 0.4) is 0 Å². The third-order valence-corrected chi connectivity index (χ3v) is 6.78. The molecule has 198 valence electrons. The number of oxazole rings is 1. The van der Waals surface area contributed by atoms with Crippen molar-refractivity contribution in [1.29, 1.82) is 10.5 Å². The van der Waals surface area contributed by atoms with Crippen molar-refractivity contribution >= 4 is 17.6 Å². The minimum atomic E-state index is -0.111. The monoisotopic (exact) mass is 543 g/mol. The second-order valence-corrected chi connectivity index (χ2v) is 9.09. The van der Waals surface area contributed by atoms with Crippen LogP contribution in [0.15, 0.2) is 51.9 Å². The summed E-state index contributed by atoms with van der Waals surface area (Å²) in [6.07, 6.45) is 0. The van der Waals surface area contributed by atoms with Crippen molar-refractivity contribution in [3.63, 3.8) is 0 Å². The summed E-state index contributed by atoms with van der Waals surface area (Å²) < 4.78 is 22.1. The number of aliphatic hydroxyl groups excluding tert-OH is 1. The Morgan fingerprint density at radius 1 is 1.00 bits per heavy atom. The van der Waals surface area contributed by atoms with Gasteiger partial charge in [0.1, 0.15) is 58.2 Å². The van der Waals surface area contributed by atoms with Gasteiger partial charge in [-0.3, -0.25) is 0 Å². The van der Waals surface area contributed by atoms with E-state index in [9.17, 15) is 10.5 Å². The second kappa shape index (κ2) is 12.2. The lowest BCUT2D eigenvalue weighted by atomic mass is 9.97. The van der Waals surface area contributed by atoms with Crippen LogP contribution >= 0.6 is 11.8 Å². The summed E-state index contributed by atoms with van der Waals surface area (Å²) in [6.45, 7) is 1.85. The fourth-order valence-electron chi connectivity index (χ4n) is 3.87. The third-order valence-electron chi connectivity index (χ3n) is 5.79. The number of nitriles is 2. The van der Waals surface area contributed by atoms with Crippen molar-refractivity contribution in [3.05, 3.63) is 65.0 Å². The summed E-state index contributed by atoms with van der Waals surface area (Å²) in [6, 6.07) is 16.5. The van der Waals surface area contributed by atoms with Gasteiger partial charge in [-0.15, -0.1) is 0 Å². The normalized spacial score (nSPS) is 10.5. The van der Waals surface area contributed by atoms with E-state index in [1.54, 1.807) is 63.6 Å². The molecule has 4 rings (SSSR count). The highest BCUT2D eigenvalue weighted by Gasteiger charge is 2.22. The van der Waals surface area contributed by atoms with Crippen molar-refractivity contribution in [2.24, 2.45) is 0 Å². The van der Waals surface area contributed by atoms with Crippen LogP contribution in [-0.2, 0) is 5.75 Å². The maximum absolute atomic E-state index is 10.1. The van der Waals surface area contributed by atoms with Crippen LogP contribution in [-0.4, -0.2) is 42.5 Å². The molecule has 10 nitrogen and oxygen atoms in total. The van der Waals surface area contributed by atoms with E-state index >= 15 is 0 Å². The Morgan fingerprint density at radius 3 is 2.36 bits per heavy atom. The summed E-state index contributed by atoms with van der Waals surface area (Å²) in [5.41, 5.74) is 8.80. The Labute approximate surface area is 229 Å². The first-order valence-corrected chi connectivity index (χ1v) is 12.7. The number of rotatable bonds is 10. The number of nitrogens with zero attached hydrogens (tertiary/aromatic N) is 4. The first kappa shape index (κ1) is 27.3. The quantitative estimate of drug-likeness (QED) is 0.266. The number of pyridine rings is 1. The van der Waals surface area contributed by atoms with Crippen molar-refractivity contribution < 1.29 is 23.7 Å². The second-order valence-electron chi connectivity index (χ2n) is 8.12. The number of aryl methyl sites for hydroxylation is 1.